The number of nitrogen functional groups attached to an aromatic ring is 1. The highest BCUT2D eigenvalue weighted by atomic mass is 15.3. The van der Waals surface area contributed by atoms with Gasteiger partial charge in [-0.15, -0.1) is 0 Å². The molecule has 1 aliphatic heterocycles. The van der Waals surface area contributed by atoms with E-state index in [2.05, 4.69) is 16.3 Å². The first-order valence-electron chi connectivity index (χ1n) is 4.17. The van der Waals surface area contributed by atoms with Gasteiger partial charge < -0.3 is 10.6 Å². The van der Waals surface area contributed by atoms with Gasteiger partial charge in [-0.05, 0) is 18.2 Å². The van der Waals surface area contributed by atoms with Gasteiger partial charge in [-0.1, -0.05) is 6.07 Å². The number of nitrogens with two attached hydrogens (primary N) is 1. The third kappa shape index (κ3) is 1.36. The van der Waals surface area contributed by atoms with Crippen molar-refractivity contribution in [2.24, 2.45) is 0 Å². The molecule has 0 radical (unpaired) electrons. The van der Waals surface area contributed by atoms with E-state index in [9.17, 15) is 0 Å². The van der Waals surface area contributed by atoms with Crippen LogP contribution >= 0.6 is 0 Å². The fourth-order valence-electron chi connectivity index (χ4n) is 1.45. The van der Waals surface area contributed by atoms with Gasteiger partial charge in [0.1, 0.15) is 0 Å². The summed E-state index contributed by atoms with van der Waals surface area (Å²) in [6.45, 7) is 3.07. The monoisotopic (exact) mass is 163 g/mol. The van der Waals surface area contributed by atoms with E-state index in [1.165, 1.54) is 5.69 Å². The maximum Gasteiger partial charge on any atom is 0.0683 e. The van der Waals surface area contributed by atoms with Crippen LogP contribution in [0, 0.1) is 0 Å². The van der Waals surface area contributed by atoms with Crippen LogP contribution in [0.2, 0.25) is 0 Å². The molecular weight excluding hydrogens is 150 g/mol. The number of anilines is 2. The lowest BCUT2D eigenvalue weighted by molar-refractivity contribution is 0.855. The predicted octanol–water partition coefficient (Wildman–Crippen LogP) is 0.636. The molecule has 64 valence electrons. The Bertz CT molecular complexity index is 266. The highest BCUT2D eigenvalue weighted by Crippen LogP contribution is 2.17. The molecule has 0 saturated carbocycles. The zero-order valence-corrected chi connectivity index (χ0v) is 6.96. The van der Waals surface area contributed by atoms with Crippen molar-refractivity contribution >= 4 is 11.4 Å². The van der Waals surface area contributed by atoms with E-state index in [-0.39, 0.29) is 0 Å². The lowest BCUT2D eigenvalue weighted by atomic mass is 10.2. The second-order valence-corrected chi connectivity index (χ2v) is 3.02. The first-order chi connectivity index (χ1) is 5.86. The van der Waals surface area contributed by atoms with E-state index >= 15 is 0 Å². The lowest BCUT2D eigenvalue weighted by Crippen LogP contribution is -2.20. The maximum absolute atomic E-state index is 5.68. The molecule has 2 rings (SSSR count). The number of benzene rings is 1. The number of hydrogen-bond donors (Lipinski definition) is 2. The standard InChI is InChI=1S/C9H13N3/c10-8-2-1-3-9(6-8)12-5-4-11-7-12/h1-3,6,11H,4-5,7,10H2. The molecule has 0 aliphatic carbocycles. The molecule has 0 unspecified atom stereocenters. The molecule has 0 aromatic heterocycles. The molecule has 12 heavy (non-hydrogen) atoms. The average molecular weight is 163 g/mol. The number of nitrogens with one attached hydrogen (secondary N) is 1. The second kappa shape index (κ2) is 3.03. The first kappa shape index (κ1) is 7.43. The fraction of sp³-hybridized carbons (Fsp3) is 0.333. The third-order valence-corrected chi connectivity index (χ3v) is 2.10. The molecule has 0 atom stereocenters. The molecule has 1 saturated heterocycles. The minimum Gasteiger partial charge on any atom is -0.399 e. The number of hydrogen-bond acceptors (Lipinski definition) is 3. The van der Waals surface area contributed by atoms with Crippen molar-refractivity contribution < 1.29 is 0 Å². The van der Waals surface area contributed by atoms with Crippen LogP contribution in [0.3, 0.4) is 0 Å². The Labute approximate surface area is 72.2 Å². The van der Waals surface area contributed by atoms with Crippen molar-refractivity contribution in [1.29, 1.82) is 0 Å². The summed E-state index contributed by atoms with van der Waals surface area (Å²) in [5.74, 6) is 0. The number of rotatable bonds is 1. The fourth-order valence-corrected chi connectivity index (χ4v) is 1.45. The Kier molecular flexibility index (Phi) is 1.87. The van der Waals surface area contributed by atoms with Crippen molar-refractivity contribution in [3.63, 3.8) is 0 Å². The molecule has 0 amide bonds. The lowest BCUT2D eigenvalue weighted by Gasteiger charge is -2.16. The maximum atomic E-state index is 5.68. The second-order valence-electron chi connectivity index (χ2n) is 3.02. The summed E-state index contributed by atoms with van der Waals surface area (Å²) in [4.78, 5) is 2.27. The van der Waals surface area contributed by atoms with Gasteiger partial charge in [0.25, 0.3) is 0 Å². The van der Waals surface area contributed by atoms with Gasteiger partial charge in [0.05, 0.1) is 6.67 Å². The van der Waals surface area contributed by atoms with Crippen LogP contribution in [-0.2, 0) is 0 Å². The summed E-state index contributed by atoms with van der Waals surface area (Å²) in [5, 5.41) is 3.28. The van der Waals surface area contributed by atoms with Gasteiger partial charge in [-0.25, -0.2) is 0 Å². The van der Waals surface area contributed by atoms with Gasteiger partial charge in [0, 0.05) is 24.5 Å². The minimum atomic E-state index is 0.833. The van der Waals surface area contributed by atoms with Crippen molar-refractivity contribution in [3.05, 3.63) is 24.3 Å². The first-order valence-corrected chi connectivity index (χ1v) is 4.17. The summed E-state index contributed by atoms with van der Waals surface area (Å²) < 4.78 is 0. The Morgan fingerprint density at radius 1 is 1.42 bits per heavy atom. The van der Waals surface area contributed by atoms with E-state index < -0.39 is 0 Å². The third-order valence-electron chi connectivity index (χ3n) is 2.10. The summed E-state index contributed by atoms with van der Waals surface area (Å²) in [7, 11) is 0. The van der Waals surface area contributed by atoms with E-state index in [4.69, 9.17) is 5.73 Å². The molecule has 1 aliphatic rings. The van der Waals surface area contributed by atoms with Crippen LogP contribution in [-0.4, -0.2) is 19.8 Å². The average Bonchev–Trinajstić information content (AvgIpc) is 2.56. The van der Waals surface area contributed by atoms with Gasteiger partial charge in [0.2, 0.25) is 0 Å². The zero-order chi connectivity index (χ0) is 8.39. The Morgan fingerprint density at radius 3 is 3.00 bits per heavy atom. The van der Waals surface area contributed by atoms with Gasteiger partial charge in [-0.2, -0.15) is 0 Å². The van der Waals surface area contributed by atoms with Gasteiger partial charge in [-0.3, -0.25) is 5.32 Å². The summed E-state index contributed by atoms with van der Waals surface area (Å²) in [6.07, 6.45) is 0. The number of nitrogens with zero attached hydrogens (tertiary/aromatic N) is 1. The van der Waals surface area contributed by atoms with Crippen LogP contribution < -0.4 is 16.0 Å². The Hall–Kier alpha value is -1.22. The van der Waals surface area contributed by atoms with Crippen LogP contribution in [0.25, 0.3) is 0 Å². The topological polar surface area (TPSA) is 41.3 Å². The molecule has 0 spiro atoms. The molecule has 3 heteroatoms. The summed E-state index contributed by atoms with van der Waals surface area (Å²) in [6, 6.07) is 7.99. The van der Waals surface area contributed by atoms with Crippen molar-refractivity contribution in [1.82, 2.24) is 5.32 Å². The van der Waals surface area contributed by atoms with E-state index in [1.807, 2.05) is 18.2 Å². The van der Waals surface area contributed by atoms with Crippen LogP contribution in [0.5, 0.6) is 0 Å². The van der Waals surface area contributed by atoms with E-state index in [0.717, 1.165) is 25.4 Å². The van der Waals surface area contributed by atoms with E-state index in [0.29, 0.717) is 0 Å². The van der Waals surface area contributed by atoms with Crippen LogP contribution in [0.15, 0.2) is 24.3 Å². The van der Waals surface area contributed by atoms with Crippen LogP contribution in [0.1, 0.15) is 0 Å². The molecule has 3 N–H and O–H groups in total. The Morgan fingerprint density at radius 2 is 2.33 bits per heavy atom. The van der Waals surface area contributed by atoms with Crippen molar-refractivity contribution in [3.8, 4) is 0 Å². The molecule has 0 bridgehead atoms. The normalized spacial score (nSPS) is 16.8. The smallest absolute Gasteiger partial charge is 0.0683 e. The highest BCUT2D eigenvalue weighted by molar-refractivity contribution is 5.56. The molecule has 1 aromatic rings. The van der Waals surface area contributed by atoms with Gasteiger partial charge >= 0.3 is 0 Å². The highest BCUT2D eigenvalue weighted by Gasteiger charge is 2.10. The largest absolute Gasteiger partial charge is 0.399 e. The molecular formula is C9H13N3. The molecule has 3 nitrogen and oxygen atoms in total. The Balaban J connectivity index is 2.21. The molecule has 1 fully saturated rings. The van der Waals surface area contributed by atoms with Gasteiger partial charge in [0.15, 0.2) is 0 Å². The predicted molar refractivity (Wildman–Crippen MR) is 51.1 cm³/mol. The van der Waals surface area contributed by atoms with Crippen molar-refractivity contribution in [2.75, 3.05) is 30.4 Å². The zero-order valence-electron chi connectivity index (χ0n) is 6.96. The summed E-state index contributed by atoms with van der Waals surface area (Å²) >= 11 is 0. The molecule has 1 heterocycles. The SMILES string of the molecule is Nc1cccc(N2CCNC2)c1. The minimum absolute atomic E-state index is 0.833. The molecule has 1 aromatic carbocycles. The van der Waals surface area contributed by atoms with Crippen molar-refractivity contribution in [2.45, 2.75) is 0 Å². The van der Waals surface area contributed by atoms with Crippen LogP contribution in [0.4, 0.5) is 11.4 Å². The summed E-state index contributed by atoms with van der Waals surface area (Å²) in [5.41, 5.74) is 7.72. The van der Waals surface area contributed by atoms with E-state index in [1.54, 1.807) is 0 Å². The quantitative estimate of drug-likeness (QED) is 0.597.